The monoisotopic (exact) mass is 250 g/mol. The molecule has 0 bridgehead atoms. The van der Waals surface area contributed by atoms with Crippen molar-refractivity contribution in [1.29, 1.82) is 0 Å². The zero-order chi connectivity index (χ0) is 12.6. The lowest BCUT2D eigenvalue weighted by molar-refractivity contribution is 0.505. The number of thiazole rings is 1. The van der Waals surface area contributed by atoms with Gasteiger partial charge in [0, 0.05) is 22.9 Å². The molecule has 0 fully saturated rings. The van der Waals surface area contributed by atoms with E-state index < -0.39 is 0 Å². The molecular weight excluding hydrogens is 232 g/mol. The summed E-state index contributed by atoms with van der Waals surface area (Å²) >= 11 is 1.66. The number of aryl methyl sites for hydroxylation is 2. The molecule has 2 rings (SSSR count). The summed E-state index contributed by atoms with van der Waals surface area (Å²) in [5.41, 5.74) is 7.78. The summed E-state index contributed by atoms with van der Waals surface area (Å²) in [5.74, 6) is 1.84. The highest BCUT2D eigenvalue weighted by atomic mass is 32.1. The molecule has 2 aromatic heterocycles. The number of hydrogen-bond donors (Lipinski definition) is 1. The minimum atomic E-state index is -0.0599. The van der Waals surface area contributed by atoms with Gasteiger partial charge in [-0.25, -0.2) is 4.98 Å². The number of furan rings is 1. The second-order valence-electron chi connectivity index (χ2n) is 4.95. The molecule has 0 aliphatic rings. The lowest BCUT2D eigenvalue weighted by Crippen LogP contribution is -2.27. The molecule has 0 unspecified atom stereocenters. The molecule has 0 aliphatic carbocycles. The van der Waals surface area contributed by atoms with Crippen molar-refractivity contribution >= 4 is 11.3 Å². The van der Waals surface area contributed by atoms with Crippen LogP contribution < -0.4 is 5.73 Å². The minimum absolute atomic E-state index is 0.0599. The predicted molar refractivity (Wildman–Crippen MR) is 71.4 cm³/mol. The Kier molecular flexibility index (Phi) is 3.10. The Bertz CT molecular complexity index is 525. The molecule has 0 aromatic carbocycles. The van der Waals surface area contributed by atoms with Crippen LogP contribution in [0.4, 0.5) is 0 Å². The Balaban J connectivity index is 2.40. The number of aromatic nitrogens is 1. The zero-order valence-electron chi connectivity index (χ0n) is 10.7. The van der Waals surface area contributed by atoms with Crippen LogP contribution >= 0.6 is 11.3 Å². The van der Waals surface area contributed by atoms with Crippen molar-refractivity contribution in [2.45, 2.75) is 33.1 Å². The lowest BCUT2D eigenvalue weighted by Gasteiger charge is -2.18. The maximum Gasteiger partial charge on any atom is 0.110 e. The molecule has 2 N–H and O–H groups in total. The van der Waals surface area contributed by atoms with Crippen LogP contribution in [0, 0.1) is 13.8 Å². The molecule has 17 heavy (non-hydrogen) atoms. The van der Waals surface area contributed by atoms with Crippen LogP contribution in [-0.4, -0.2) is 11.5 Å². The number of hydrogen-bond acceptors (Lipinski definition) is 4. The molecule has 0 saturated heterocycles. The van der Waals surface area contributed by atoms with Gasteiger partial charge in [-0.3, -0.25) is 0 Å². The first-order valence-electron chi connectivity index (χ1n) is 5.67. The smallest absolute Gasteiger partial charge is 0.110 e. The summed E-state index contributed by atoms with van der Waals surface area (Å²) in [5, 5.41) is 3.15. The third kappa shape index (κ3) is 2.28. The van der Waals surface area contributed by atoms with Crippen molar-refractivity contribution in [3.05, 3.63) is 28.0 Å². The van der Waals surface area contributed by atoms with Crippen molar-refractivity contribution in [3.63, 3.8) is 0 Å². The van der Waals surface area contributed by atoms with Crippen LogP contribution in [-0.2, 0) is 5.41 Å². The first kappa shape index (κ1) is 12.3. The maximum atomic E-state index is 5.77. The van der Waals surface area contributed by atoms with Crippen molar-refractivity contribution in [3.8, 4) is 11.3 Å². The Morgan fingerprint density at radius 2 is 2.12 bits per heavy atom. The van der Waals surface area contributed by atoms with E-state index in [0.29, 0.717) is 6.54 Å². The molecule has 0 radical (unpaired) electrons. The van der Waals surface area contributed by atoms with Gasteiger partial charge in [0.1, 0.15) is 16.5 Å². The van der Waals surface area contributed by atoms with E-state index in [9.17, 15) is 0 Å². The van der Waals surface area contributed by atoms with Crippen molar-refractivity contribution in [1.82, 2.24) is 4.98 Å². The van der Waals surface area contributed by atoms with E-state index in [-0.39, 0.29) is 5.41 Å². The fraction of sp³-hybridized carbons (Fsp3) is 0.462. The van der Waals surface area contributed by atoms with E-state index in [4.69, 9.17) is 10.2 Å². The fourth-order valence-electron chi connectivity index (χ4n) is 1.68. The van der Waals surface area contributed by atoms with Crippen LogP contribution in [0.2, 0.25) is 0 Å². The van der Waals surface area contributed by atoms with Crippen LogP contribution in [0.25, 0.3) is 11.3 Å². The summed E-state index contributed by atoms with van der Waals surface area (Å²) in [7, 11) is 0. The van der Waals surface area contributed by atoms with E-state index in [2.05, 4.69) is 24.2 Å². The van der Waals surface area contributed by atoms with E-state index in [1.54, 1.807) is 11.3 Å². The van der Waals surface area contributed by atoms with Gasteiger partial charge in [-0.15, -0.1) is 11.3 Å². The van der Waals surface area contributed by atoms with Gasteiger partial charge in [0.15, 0.2) is 0 Å². The Hall–Kier alpha value is -1.13. The van der Waals surface area contributed by atoms with Crippen LogP contribution in [0.1, 0.15) is 30.4 Å². The van der Waals surface area contributed by atoms with Gasteiger partial charge in [0.25, 0.3) is 0 Å². The van der Waals surface area contributed by atoms with E-state index in [1.165, 1.54) is 0 Å². The molecule has 3 nitrogen and oxygen atoms in total. The minimum Gasteiger partial charge on any atom is -0.466 e. The first-order chi connectivity index (χ1) is 7.94. The second kappa shape index (κ2) is 4.27. The standard InChI is InChI=1S/C13H18N2OS/c1-8-5-10(9(2)16-8)11-6-17-12(15-11)13(3,4)7-14/h5-6H,7,14H2,1-4H3. The largest absolute Gasteiger partial charge is 0.466 e. The molecule has 0 amide bonds. The van der Waals surface area contributed by atoms with E-state index >= 15 is 0 Å². The SMILES string of the molecule is Cc1cc(-c2csc(C(C)(C)CN)n2)c(C)o1. The molecular formula is C13H18N2OS. The van der Waals surface area contributed by atoms with Crippen LogP contribution in [0.15, 0.2) is 15.9 Å². The van der Waals surface area contributed by atoms with E-state index in [0.717, 1.165) is 27.8 Å². The van der Waals surface area contributed by atoms with Crippen molar-refractivity contribution < 1.29 is 4.42 Å². The van der Waals surface area contributed by atoms with Crippen LogP contribution in [0.3, 0.4) is 0 Å². The van der Waals surface area contributed by atoms with Crippen molar-refractivity contribution in [2.24, 2.45) is 5.73 Å². The molecule has 0 spiro atoms. The predicted octanol–water partition coefficient (Wildman–Crippen LogP) is 3.26. The quantitative estimate of drug-likeness (QED) is 0.909. The summed E-state index contributed by atoms with van der Waals surface area (Å²) in [6.45, 7) is 8.75. The zero-order valence-corrected chi connectivity index (χ0v) is 11.5. The number of nitrogens with two attached hydrogens (primary N) is 1. The average Bonchev–Trinajstić information content (AvgIpc) is 2.85. The summed E-state index contributed by atoms with van der Waals surface area (Å²) < 4.78 is 5.53. The Morgan fingerprint density at radius 3 is 2.65 bits per heavy atom. The van der Waals surface area contributed by atoms with Gasteiger partial charge in [0.2, 0.25) is 0 Å². The van der Waals surface area contributed by atoms with Gasteiger partial charge in [-0.2, -0.15) is 0 Å². The number of nitrogens with zero attached hydrogens (tertiary/aromatic N) is 1. The highest BCUT2D eigenvalue weighted by Gasteiger charge is 2.23. The molecule has 2 aromatic rings. The van der Waals surface area contributed by atoms with Crippen molar-refractivity contribution in [2.75, 3.05) is 6.54 Å². The van der Waals surface area contributed by atoms with Gasteiger partial charge < -0.3 is 10.2 Å². The molecule has 92 valence electrons. The normalized spacial score (nSPS) is 12.1. The third-order valence-corrected chi connectivity index (χ3v) is 4.12. The third-order valence-electron chi connectivity index (χ3n) is 2.91. The summed E-state index contributed by atoms with van der Waals surface area (Å²) in [4.78, 5) is 4.68. The average molecular weight is 250 g/mol. The highest BCUT2D eigenvalue weighted by Crippen LogP contribution is 2.32. The van der Waals surface area contributed by atoms with Gasteiger partial charge in [0.05, 0.1) is 5.69 Å². The molecule has 2 heterocycles. The summed E-state index contributed by atoms with van der Waals surface area (Å²) in [6, 6.07) is 2.03. The van der Waals surface area contributed by atoms with E-state index in [1.807, 2.05) is 19.9 Å². The number of rotatable bonds is 3. The Morgan fingerprint density at radius 1 is 1.41 bits per heavy atom. The second-order valence-corrected chi connectivity index (χ2v) is 5.81. The molecule has 0 atom stereocenters. The Labute approximate surface area is 106 Å². The van der Waals surface area contributed by atoms with Crippen LogP contribution in [0.5, 0.6) is 0 Å². The highest BCUT2D eigenvalue weighted by molar-refractivity contribution is 7.10. The van der Waals surface area contributed by atoms with Gasteiger partial charge in [-0.1, -0.05) is 13.8 Å². The van der Waals surface area contributed by atoms with Gasteiger partial charge in [-0.05, 0) is 19.9 Å². The summed E-state index contributed by atoms with van der Waals surface area (Å²) in [6.07, 6.45) is 0. The topological polar surface area (TPSA) is 52.0 Å². The molecule has 0 saturated carbocycles. The fourth-order valence-corrected chi connectivity index (χ4v) is 2.64. The first-order valence-corrected chi connectivity index (χ1v) is 6.55. The maximum absolute atomic E-state index is 5.77. The lowest BCUT2D eigenvalue weighted by atomic mass is 9.95. The molecule has 4 heteroatoms. The molecule has 0 aliphatic heterocycles. The van der Waals surface area contributed by atoms with Gasteiger partial charge >= 0.3 is 0 Å².